The fourth-order valence-corrected chi connectivity index (χ4v) is 3.19. The number of nitrogens with zero attached hydrogens (tertiary/aromatic N) is 2. The third-order valence-corrected chi connectivity index (χ3v) is 5.01. The van der Waals surface area contributed by atoms with E-state index >= 15 is 0 Å². The highest BCUT2D eigenvalue weighted by molar-refractivity contribution is 5.95. The maximum absolute atomic E-state index is 14.8. The van der Waals surface area contributed by atoms with E-state index in [9.17, 15) is 22.4 Å². The minimum absolute atomic E-state index is 0.0509. The first kappa shape index (κ1) is 20.0. The van der Waals surface area contributed by atoms with Gasteiger partial charge in [0.1, 0.15) is 34.9 Å². The number of pyridine rings is 1. The molecule has 0 aliphatic carbocycles. The number of aliphatic imine (C=N–C) groups is 1. The SMILES string of the molecule is C[C@]1(F)C[C@H](F)[C@@](C)(c2cc(CC(=O)c3ccc(F)cn3)ccc2F)N=C1N. The van der Waals surface area contributed by atoms with Gasteiger partial charge in [-0.05, 0) is 43.7 Å². The lowest BCUT2D eigenvalue weighted by Gasteiger charge is -2.39. The van der Waals surface area contributed by atoms with E-state index in [4.69, 9.17) is 5.73 Å². The van der Waals surface area contributed by atoms with Crippen LogP contribution in [0.15, 0.2) is 41.5 Å². The zero-order valence-electron chi connectivity index (χ0n) is 15.3. The van der Waals surface area contributed by atoms with Crippen LogP contribution in [-0.2, 0) is 12.0 Å². The molecule has 8 heteroatoms. The van der Waals surface area contributed by atoms with E-state index in [1.54, 1.807) is 0 Å². The summed E-state index contributed by atoms with van der Waals surface area (Å²) in [6, 6.07) is 6.16. The van der Waals surface area contributed by atoms with Crippen LogP contribution in [0, 0.1) is 11.6 Å². The van der Waals surface area contributed by atoms with E-state index in [1.165, 1.54) is 25.1 Å². The Morgan fingerprint density at radius 2 is 1.96 bits per heavy atom. The Hall–Kier alpha value is -2.77. The molecule has 0 spiro atoms. The fourth-order valence-electron chi connectivity index (χ4n) is 3.19. The van der Waals surface area contributed by atoms with Crippen molar-refractivity contribution in [2.75, 3.05) is 0 Å². The van der Waals surface area contributed by atoms with Gasteiger partial charge in [-0.1, -0.05) is 6.07 Å². The van der Waals surface area contributed by atoms with Gasteiger partial charge in [0, 0.05) is 18.4 Å². The first-order valence-electron chi connectivity index (χ1n) is 8.65. The van der Waals surface area contributed by atoms with Crippen LogP contribution in [0.2, 0.25) is 0 Å². The molecule has 148 valence electrons. The molecule has 1 aromatic carbocycles. The summed E-state index contributed by atoms with van der Waals surface area (Å²) in [5, 5.41) is 0. The molecule has 1 aliphatic heterocycles. The van der Waals surface area contributed by atoms with E-state index in [2.05, 4.69) is 9.98 Å². The number of halogens is 4. The molecule has 1 aliphatic rings. The van der Waals surface area contributed by atoms with Crippen LogP contribution in [0.5, 0.6) is 0 Å². The number of hydrogen-bond donors (Lipinski definition) is 1. The Morgan fingerprint density at radius 1 is 1.25 bits per heavy atom. The molecule has 0 fully saturated rings. The Bertz CT molecular complexity index is 943. The van der Waals surface area contributed by atoms with Gasteiger partial charge < -0.3 is 5.73 Å². The summed E-state index contributed by atoms with van der Waals surface area (Å²) in [6.45, 7) is 2.46. The van der Waals surface area contributed by atoms with Gasteiger partial charge in [0.05, 0.1) is 6.20 Å². The lowest BCUT2D eigenvalue weighted by Crippen LogP contribution is -2.51. The second kappa shape index (κ2) is 7.00. The number of rotatable bonds is 4. The van der Waals surface area contributed by atoms with Gasteiger partial charge in [-0.2, -0.15) is 0 Å². The molecule has 2 N–H and O–H groups in total. The third-order valence-electron chi connectivity index (χ3n) is 5.01. The minimum Gasteiger partial charge on any atom is -0.385 e. The zero-order chi connectivity index (χ0) is 20.7. The molecule has 1 aromatic heterocycles. The molecule has 2 heterocycles. The van der Waals surface area contributed by atoms with Gasteiger partial charge in [0.15, 0.2) is 11.5 Å². The topological polar surface area (TPSA) is 68.3 Å². The highest BCUT2D eigenvalue weighted by atomic mass is 19.2. The smallest absolute Gasteiger partial charge is 0.185 e. The van der Waals surface area contributed by atoms with Crippen LogP contribution < -0.4 is 5.73 Å². The van der Waals surface area contributed by atoms with Gasteiger partial charge in [0.2, 0.25) is 0 Å². The van der Waals surface area contributed by atoms with Gasteiger partial charge in [-0.15, -0.1) is 0 Å². The van der Waals surface area contributed by atoms with E-state index in [-0.39, 0.29) is 17.7 Å². The number of Topliss-reactive ketones (excluding diaryl/α,β-unsaturated/α-hetero) is 1. The number of hydrogen-bond acceptors (Lipinski definition) is 4. The molecule has 0 amide bonds. The second-order valence-corrected chi connectivity index (χ2v) is 7.29. The van der Waals surface area contributed by atoms with Crippen LogP contribution in [0.25, 0.3) is 0 Å². The van der Waals surface area contributed by atoms with Crippen molar-refractivity contribution in [2.45, 2.75) is 44.1 Å². The van der Waals surface area contributed by atoms with Crippen LogP contribution >= 0.6 is 0 Å². The summed E-state index contributed by atoms with van der Waals surface area (Å²) in [7, 11) is 0. The summed E-state index contributed by atoms with van der Waals surface area (Å²) in [6.07, 6.45) is -1.60. The van der Waals surface area contributed by atoms with Crippen LogP contribution in [0.1, 0.15) is 41.9 Å². The number of nitrogens with two attached hydrogens (primary N) is 1. The zero-order valence-corrected chi connectivity index (χ0v) is 15.3. The quantitative estimate of drug-likeness (QED) is 0.634. The molecule has 3 atom stereocenters. The summed E-state index contributed by atoms with van der Waals surface area (Å²) >= 11 is 0. The molecule has 0 unspecified atom stereocenters. The van der Waals surface area contributed by atoms with Gasteiger partial charge in [0.25, 0.3) is 0 Å². The first-order valence-corrected chi connectivity index (χ1v) is 8.65. The Balaban J connectivity index is 1.95. The average molecular weight is 393 g/mol. The molecule has 0 saturated heterocycles. The highest BCUT2D eigenvalue weighted by Crippen LogP contribution is 2.42. The summed E-state index contributed by atoms with van der Waals surface area (Å²) in [5.74, 6) is -2.13. The van der Waals surface area contributed by atoms with Crippen molar-refractivity contribution < 1.29 is 22.4 Å². The van der Waals surface area contributed by atoms with Crippen molar-refractivity contribution in [3.05, 3.63) is 65.0 Å². The standard InChI is InChI=1S/C20H19F4N3O/c1-19(24)9-17(23)20(2,27-18(19)25)13-7-11(3-5-14(13)22)8-16(28)15-6-4-12(21)10-26-15/h3-7,10,17H,8-9H2,1-2H3,(H2,25,27)/t17-,19-,20+/m0/s1. The summed E-state index contributed by atoms with van der Waals surface area (Å²) < 4.78 is 56.5. The van der Waals surface area contributed by atoms with E-state index in [0.29, 0.717) is 5.56 Å². The predicted molar refractivity (Wildman–Crippen MR) is 96.6 cm³/mol. The number of carbonyl (C=O) groups is 1. The third kappa shape index (κ3) is 3.63. The fraction of sp³-hybridized carbons (Fsp3) is 0.350. The maximum Gasteiger partial charge on any atom is 0.185 e. The number of ketones is 1. The molecule has 0 bridgehead atoms. The van der Waals surface area contributed by atoms with E-state index in [0.717, 1.165) is 25.3 Å². The number of carbonyl (C=O) groups excluding carboxylic acids is 1. The van der Waals surface area contributed by atoms with Crippen molar-refractivity contribution in [1.29, 1.82) is 0 Å². The molecule has 0 saturated carbocycles. The Labute approximate surface area is 159 Å². The normalized spacial score (nSPS) is 27.4. The van der Waals surface area contributed by atoms with Gasteiger partial charge in [-0.3, -0.25) is 14.8 Å². The van der Waals surface area contributed by atoms with Crippen molar-refractivity contribution in [3.63, 3.8) is 0 Å². The van der Waals surface area contributed by atoms with E-state index < -0.39 is 47.1 Å². The summed E-state index contributed by atoms with van der Waals surface area (Å²) in [4.78, 5) is 20.0. The Kier molecular flexibility index (Phi) is 4.99. The monoisotopic (exact) mass is 393 g/mol. The molecular weight excluding hydrogens is 374 g/mol. The molecule has 28 heavy (non-hydrogen) atoms. The number of aromatic nitrogens is 1. The minimum atomic E-state index is -2.11. The molecule has 2 aromatic rings. The molecule has 3 rings (SSSR count). The van der Waals surface area contributed by atoms with Crippen molar-refractivity contribution in [2.24, 2.45) is 10.7 Å². The average Bonchev–Trinajstić information content (AvgIpc) is 2.62. The van der Waals surface area contributed by atoms with Crippen molar-refractivity contribution >= 4 is 11.6 Å². The summed E-state index contributed by atoms with van der Waals surface area (Å²) in [5.41, 5.74) is 2.14. The molecule has 4 nitrogen and oxygen atoms in total. The second-order valence-electron chi connectivity index (χ2n) is 7.29. The van der Waals surface area contributed by atoms with Crippen LogP contribution in [0.4, 0.5) is 17.6 Å². The maximum atomic E-state index is 14.8. The lowest BCUT2D eigenvalue weighted by atomic mass is 9.78. The highest BCUT2D eigenvalue weighted by Gasteiger charge is 2.49. The number of amidine groups is 1. The van der Waals surface area contributed by atoms with Crippen molar-refractivity contribution in [1.82, 2.24) is 4.98 Å². The Morgan fingerprint density at radius 3 is 2.61 bits per heavy atom. The van der Waals surface area contributed by atoms with Crippen molar-refractivity contribution in [3.8, 4) is 0 Å². The first-order chi connectivity index (χ1) is 13.0. The lowest BCUT2D eigenvalue weighted by molar-refractivity contribution is 0.0988. The molecule has 0 radical (unpaired) electrons. The largest absolute Gasteiger partial charge is 0.385 e. The number of alkyl halides is 2. The van der Waals surface area contributed by atoms with Gasteiger partial charge >= 0.3 is 0 Å². The van der Waals surface area contributed by atoms with E-state index in [1.807, 2.05) is 0 Å². The predicted octanol–water partition coefficient (Wildman–Crippen LogP) is 3.83. The van der Waals surface area contributed by atoms with Crippen LogP contribution in [0.3, 0.4) is 0 Å². The van der Waals surface area contributed by atoms with Crippen LogP contribution in [-0.4, -0.2) is 28.4 Å². The number of benzene rings is 1. The molecular formula is C20H19F4N3O. The van der Waals surface area contributed by atoms with Gasteiger partial charge in [-0.25, -0.2) is 17.6 Å².